The van der Waals surface area contributed by atoms with E-state index in [1.54, 1.807) is 12.4 Å². The van der Waals surface area contributed by atoms with Crippen molar-refractivity contribution in [3.8, 4) is 22.4 Å². The van der Waals surface area contributed by atoms with Crippen LogP contribution in [0.5, 0.6) is 0 Å². The van der Waals surface area contributed by atoms with Crippen LogP contribution in [0.1, 0.15) is 30.9 Å². The Bertz CT molecular complexity index is 1140. The zero-order valence-electron chi connectivity index (χ0n) is 18.6. The Morgan fingerprint density at radius 2 is 1.69 bits per heavy atom. The van der Waals surface area contributed by atoms with Crippen LogP contribution in [0.4, 0.5) is 5.95 Å². The van der Waals surface area contributed by atoms with Gasteiger partial charge in [0.25, 0.3) is 0 Å². The number of hydrogen-bond acceptors (Lipinski definition) is 5. The van der Waals surface area contributed by atoms with Crippen molar-refractivity contribution in [1.29, 1.82) is 0 Å². The van der Waals surface area contributed by atoms with Gasteiger partial charge in [0.15, 0.2) is 0 Å². The van der Waals surface area contributed by atoms with Gasteiger partial charge in [-0.3, -0.25) is 4.98 Å². The fourth-order valence-corrected chi connectivity index (χ4v) is 3.68. The second kappa shape index (κ2) is 10.2. The zero-order chi connectivity index (χ0) is 22.3. The van der Waals surface area contributed by atoms with E-state index in [-0.39, 0.29) is 6.04 Å². The summed E-state index contributed by atoms with van der Waals surface area (Å²) in [5, 5.41) is 3.32. The number of aromatic nitrogens is 3. The summed E-state index contributed by atoms with van der Waals surface area (Å²) in [5.74, 6) is 1.02. The van der Waals surface area contributed by atoms with E-state index in [1.807, 2.05) is 36.5 Å². The summed E-state index contributed by atoms with van der Waals surface area (Å²) in [4.78, 5) is 13.6. The Kier molecular flexibility index (Phi) is 6.87. The lowest BCUT2D eigenvalue weighted by Crippen LogP contribution is -2.31. The lowest BCUT2D eigenvalue weighted by Gasteiger charge is -2.15. The molecule has 1 atom stereocenters. The summed E-state index contributed by atoms with van der Waals surface area (Å²) >= 11 is 0. The van der Waals surface area contributed by atoms with Crippen LogP contribution in [0, 0.1) is 0 Å². The van der Waals surface area contributed by atoms with Gasteiger partial charge in [-0.15, -0.1) is 0 Å². The third-order valence-electron chi connectivity index (χ3n) is 5.47. The molecule has 0 radical (unpaired) electrons. The number of nitrogens with one attached hydrogen (secondary N) is 1. The molecule has 2 heterocycles. The Hall–Kier alpha value is -3.57. The maximum atomic E-state index is 6.34. The van der Waals surface area contributed by atoms with Crippen molar-refractivity contribution in [3.05, 3.63) is 96.4 Å². The number of anilines is 1. The number of pyridine rings is 1. The number of rotatable bonds is 8. The largest absolute Gasteiger partial charge is 0.353 e. The molecule has 0 unspecified atom stereocenters. The average Bonchev–Trinajstić information content (AvgIpc) is 2.84. The third kappa shape index (κ3) is 5.37. The van der Waals surface area contributed by atoms with Crippen LogP contribution in [-0.4, -0.2) is 27.5 Å². The number of benzene rings is 2. The minimum absolute atomic E-state index is 0.0345. The van der Waals surface area contributed by atoms with Gasteiger partial charge in [-0.05, 0) is 41.2 Å². The Morgan fingerprint density at radius 1 is 0.906 bits per heavy atom. The molecule has 0 amide bonds. The standard InChI is InChI=1S/C27H29N5/c1-19(2)22-9-6-10-23(16-22)25-18-31-27(32-26(25)21-11-13-29-14-12-21)30-17-24(28)15-20-7-4-3-5-8-20/h3-14,16,18-19,24H,15,17,28H2,1-2H3,(H,30,31,32)/t24-/m0/s1. The first-order valence-corrected chi connectivity index (χ1v) is 11.0. The minimum Gasteiger partial charge on any atom is -0.353 e. The van der Waals surface area contributed by atoms with Gasteiger partial charge < -0.3 is 11.1 Å². The van der Waals surface area contributed by atoms with Crippen molar-refractivity contribution in [1.82, 2.24) is 15.0 Å². The maximum Gasteiger partial charge on any atom is 0.223 e. The fraction of sp³-hybridized carbons (Fsp3) is 0.222. The molecule has 0 aliphatic carbocycles. The zero-order valence-corrected chi connectivity index (χ0v) is 18.6. The molecule has 0 aliphatic rings. The van der Waals surface area contributed by atoms with Crippen molar-refractivity contribution in [2.45, 2.75) is 32.2 Å². The van der Waals surface area contributed by atoms with Crippen LogP contribution in [-0.2, 0) is 6.42 Å². The predicted molar refractivity (Wildman–Crippen MR) is 131 cm³/mol. The highest BCUT2D eigenvalue weighted by Crippen LogP contribution is 2.32. The Morgan fingerprint density at radius 3 is 2.44 bits per heavy atom. The van der Waals surface area contributed by atoms with Crippen LogP contribution in [0.15, 0.2) is 85.3 Å². The van der Waals surface area contributed by atoms with Gasteiger partial charge in [0, 0.05) is 42.3 Å². The van der Waals surface area contributed by atoms with Crippen LogP contribution in [0.25, 0.3) is 22.4 Å². The minimum atomic E-state index is -0.0345. The van der Waals surface area contributed by atoms with Gasteiger partial charge >= 0.3 is 0 Å². The maximum absolute atomic E-state index is 6.34. The molecule has 162 valence electrons. The van der Waals surface area contributed by atoms with Crippen LogP contribution in [0.3, 0.4) is 0 Å². The van der Waals surface area contributed by atoms with Crippen molar-refractivity contribution in [2.24, 2.45) is 5.73 Å². The molecule has 3 N–H and O–H groups in total. The first-order chi connectivity index (χ1) is 15.6. The quantitative estimate of drug-likeness (QED) is 0.402. The number of nitrogens with two attached hydrogens (primary N) is 1. The second-order valence-corrected chi connectivity index (χ2v) is 8.30. The second-order valence-electron chi connectivity index (χ2n) is 8.30. The summed E-state index contributed by atoms with van der Waals surface area (Å²) in [6.07, 6.45) is 6.27. The fourth-order valence-electron chi connectivity index (χ4n) is 3.68. The molecule has 5 heteroatoms. The van der Waals surface area contributed by atoms with Crippen molar-refractivity contribution >= 4 is 5.95 Å². The molecule has 4 rings (SSSR count). The molecule has 0 aliphatic heterocycles. The Balaban J connectivity index is 1.60. The third-order valence-corrected chi connectivity index (χ3v) is 5.47. The normalized spacial score (nSPS) is 12.0. The molecular weight excluding hydrogens is 394 g/mol. The van der Waals surface area contributed by atoms with E-state index in [1.165, 1.54) is 11.1 Å². The molecule has 0 bridgehead atoms. The van der Waals surface area contributed by atoms with Gasteiger partial charge in [0.2, 0.25) is 5.95 Å². The number of nitrogens with zero attached hydrogens (tertiary/aromatic N) is 3. The number of hydrogen-bond donors (Lipinski definition) is 2. The monoisotopic (exact) mass is 423 g/mol. The molecular formula is C27H29N5. The van der Waals surface area contributed by atoms with Gasteiger partial charge in [0.05, 0.1) is 5.69 Å². The van der Waals surface area contributed by atoms with Gasteiger partial charge in [-0.25, -0.2) is 9.97 Å². The topological polar surface area (TPSA) is 76.7 Å². The van der Waals surface area contributed by atoms with Gasteiger partial charge in [-0.1, -0.05) is 68.4 Å². The summed E-state index contributed by atoms with van der Waals surface area (Å²) in [7, 11) is 0. The van der Waals surface area contributed by atoms with E-state index in [9.17, 15) is 0 Å². The average molecular weight is 424 g/mol. The SMILES string of the molecule is CC(C)c1cccc(-c2cnc(NC[C@@H](N)Cc3ccccc3)nc2-c2ccncc2)c1. The lowest BCUT2D eigenvalue weighted by atomic mass is 9.96. The van der Waals surface area contributed by atoms with Crippen LogP contribution in [0.2, 0.25) is 0 Å². The van der Waals surface area contributed by atoms with E-state index in [0.717, 1.165) is 28.8 Å². The molecule has 0 saturated carbocycles. The lowest BCUT2D eigenvalue weighted by molar-refractivity contribution is 0.696. The summed E-state index contributed by atoms with van der Waals surface area (Å²) in [6, 6.07) is 22.8. The molecule has 0 spiro atoms. The summed E-state index contributed by atoms with van der Waals surface area (Å²) in [6.45, 7) is 4.99. The molecule has 4 aromatic rings. The van der Waals surface area contributed by atoms with Gasteiger partial charge in [-0.2, -0.15) is 0 Å². The predicted octanol–water partition coefficient (Wildman–Crippen LogP) is 5.31. The summed E-state index contributed by atoms with van der Waals surface area (Å²) < 4.78 is 0. The molecule has 5 nitrogen and oxygen atoms in total. The molecule has 32 heavy (non-hydrogen) atoms. The highest BCUT2D eigenvalue weighted by Gasteiger charge is 2.13. The highest BCUT2D eigenvalue weighted by molar-refractivity contribution is 5.81. The molecule has 0 saturated heterocycles. The van der Waals surface area contributed by atoms with E-state index in [4.69, 9.17) is 10.7 Å². The van der Waals surface area contributed by atoms with E-state index in [0.29, 0.717) is 18.4 Å². The van der Waals surface area contributed by atoms with E-state index >= 15 is 0 Å². The molecule has 0 fully saturated rings. The van der Waals surface area contributed by atoms with E-state index in [2.05, 4.69) is 65.5 Å². The van der Waals surface area contributed by atoms with Crippen molar-refractivity contribution in [3.63, 3.8) is 0 Å². The Labute approximate surface area is 189 Å². The van der Waals surface area contributed by atoms with Crippen LogP contribution >= 0.6 is 0 Å². The first-order valence-electron chi connectivity index (χ1n) is 11.0. The first kappa shape index (κ1) is 21.7. The molecule has 2 aromatic carbocycles. The highest BCUT2D eigenvalue weighted by atomic mass is 15.1. The van der Waals surface area contributed by atoms with E-state index < -0.39 is 0 Å². The van der Waals surface area contributed by atoms with Crippen molar-refractivity contribution < 1.29 is 0 Å². The molecule has 2 aromatic heterocycles. The van der Waals surface area contributed by atoms with Crippen LogP contribution < -0.4 is 11.1 Å². The van der Waals surface area contributed by atoms with Gasteiger partial charge in [0.1, 0.15) is 0 Å². The smallest absolute Gasteiger partial charge is 0.223 e. The summed E-state index contributed by atoms with van der Waals surface area (Å²) in [5.41, 5.74) is 12.8. The van der Waals surface area contributed by atoms with Crippen molar-refractivity contribution in [2.75, 3.05) is 11.9 Å².